The monoisotopic (exact) mass is 711 g/mol. The molecule has 0 amide bonds. The Balaban J connectivity index is -0.0000000795. The van der Waals surface area contributed by atoms with E-state index in [2.05, 4.69) is 24.0 Å². The van der Waals surface area contributed by atoms with Crippen molar-refractivity contribution in [1.29, 1.82) is 0 Å². The zero-order chi connectivity index (χ0) is 33.0. The Bertz CT molecular complexity index is 799. The van der Waals surface area contributed by atoms with Gasteiger partial charge in [0.1, 0.15) is 12.4 Å². The minimum Gasteiger partial charge on any atom is -0.299 e. The maximum atomic E-state index is 10.4. The highest BCUT2D eigenvalue weighted by Gasteiger charge is 2.07. The molecule has 0 fully saturated rings. The van der Waals surface area contributed by atoms with Crippen molar-refractivity contribution in [3.05, 3.63) is 18.7 Å². The fourth-order valence-corrected chi connectivity index (χ4v) is 0.689. The summed E-state index contributed by atoms with van der Waals surface area (Å²) < 4.78 is 118. The van der Waals surface area contributed by atoms with Crippen molar-refractivity contribution >= 4 is 47.4 Å². The van der Waals surface area contributed by atoms with Gasteiger partial charge in [-0.15, -0.1) is 25.2 Å². The van der Waals surface area contributed by atoms with Gasteiger partial charge >= 0.3 is 47.4 Å². The first-order valence-corrected chi connectivity index (χ1v) is 16.4. The van der Waals surface area contributed by atoms with E-state index >= 15 is 0 Å². The number of imidazole rings is 1. The lowest BCUT2D eigenvalue weighted by molar-refractivity contribution is -0.671. The summed E-state index contributed by atoms with van der Waals surface area (Å²) >= 11 is 0. The van der Waals surface area contributed by atoms with Gasteiger partial charge in [0.25, 0.3) is 0 Å². The van der Waals surface area contributed by atoms with Gasteiger partial charge in [0, 0.05) is 0 Å². The number of aryl methyl sites for hydroxylation is 2. The van der Waals surface area contributed by atoms with Crippen molar-refractivity contribution in [3.8, 4) is 0 Å². The highest BCUT2D eigenvalue weighted by molar-refractivity contribution is 7.46. The molecule has 0 aromatic carbocycles. The number of nitrogens with zero attached hydrogens (tertiary/aromatic N) is 2. The van der Waals surface area contributed by atoms with Gasteiger partial charge in [-0.05, 0) is 6.92 Å². The van der Waals surface area contributed by atoms with Gasteiger partial charge in [-0.1, -0.05) is 0 Å². The van der Waals surface area contributed by atoms with Crippen LogP contribution in [0, 0.1) is 0 Å². The molecule has 0 aliphatic heterocycles. The van der Waals surface area contributed by atoms with Crippen LogP contribution in [-0.4, -0.2) is 63.3 Å². The number of aromatic nitrogens is 2. The Morgan fingerprint density at radius 2 is 0.711 bits per heavy atom. The first-order valence-electron chi connectivity index (χ1n) is 7.35. The van der Waals surface area contributed by atoms with Crippen molar-refractivity contribution in [2.24, 2.45) is 7.05 Å². The molecule has 0 spiro atoms. The van der Waals surface area contributed by atoms with E-state index in [4.69, 9.17) is 86.1 Å². The van der Waals surface area contributed by atoms with Crippen LogP contribution in [0.3, 0.4) is 0 Å². The Hall–Kier alpha value is -0.310. The molecule has 12 N–H and O–H groups in total. The highest BCUT2D eigenvalue weighted by Crippen LogP contribution is 2.37. The van der Waals surface area contributed by atoms with Crippen molar-refractivity contribution in [1.82, 2.24) is 4.57 Å². The first-order chi connectivity index (χ1) is 15.8. The normalized spacial score (nSPS) is 11.4. The topological polar surface area (TPSA) is 354 Å². The van der Waals surface area contributed by atoms with Crippen LogP contribution in [0.1, 0.15) is 6.92 Å². The highest BCUT2D eigenvalue weighted by atomic mass is 31.2. The van der Waals surface area contributed by atoms with Crippen LogP contribution >= 0.6 is 47.4 Å². The Morgan fingerprint density at radius 1 is 0.553 bits per heavy atom. The Kier molecular flexibility index (Phi) is 29.8. The maximum Gasteiger partial charge on any atom is 0.507 e. The van der Waals surface area contributed by atoms with Crippen molar-refractivity contribution < 1.29 is 116 Å². The average Bonchev–Trinajstić information content (AvgIpc) is 2.82. The lowest BCUT2D eigenvalue weighted by Crippen LogP contribution is -2.23. The van der Waals surface area contributed by atoms with Crippen LogP contribution in [0.4, 0.5) is 25.2 Å². The molecule has 0 aliphatic rings. The zero-order valence-corrected chi connectivity index (χ0v) is 23.5. The fourth-order valence-electron chi connectivity index (χ4n) is 0.689. The minimum atomic E-state index is -5.14. The standard InChI is InChI=1S/C6H11N2.6FH2O3P/c1-3-8-5-4-7(2)6-8;6*1-5(2,3)4/h4-6H,3H2,1-2H3;6*(H2,2,3,4)/q+1;;;;;;. The Labute approximate surface area is 207 Å². The van der Waals surface area contributed by atoms with Gasteiger partial charge in [-0.2, -0.15) is 0 Å². The van der Waals surface area contributed by atoms with E-state index in [0.29, 0.717) is 0 Å². The molecule has 20 nitrogen and oxygen atoms in total. The molecule has 236 valence electrons. The van der Waals surface area contributed by atoms with Crippen molar-refractivity contribution in [2.45, 2.75) is 13.5 Å². The molecule has 1 aromatic rings. The van der Waals surface area contributed by atoms with E-state index in [1.54, 1.807) is 0 Å². The number of hydrogen-bond donors (Lipinski definition) is 12. The molecule has 0 unspecified atom stereocenters. The van der Waals surface area contributed by atoms with Crippen LogP contribution in [0.2, 0.25) is 0 Å². The van der Waals surface area contributed by atoms with Gasteiger partial charge in [0.15, 0.2) is 0 Å². The van der Waals surface area contributed by atoms with E-state index in [0.717, 1.165) is 6.54 Å². The third-order valence-electron chi connectivity index (χ3n) is 1.19. The summed E-state index contributed by atoms with van der Waals surface area (Å²) in [6.45, 7) is 3.18. The molecule has 38 heavy (non-hydrogen) atoms. The molecular weight excluding hydrogens is 688 g/mol. The summed E-state index contributed by atoms with van der Waals surface area (Å²) in [5.41, 5.74) is 0. The molecule has 0 saturated heterocycles. The second-order valence-electron chi connectivity index (χ2n) is 4.75. The van der Waals surface area contributed by atoms with Gasteiger partial charge < -0.3 is 0 Å². The molecule has 0 radical (unpaired) electrons. The zero-order valence-electron chi connectivity index (χ0n) is 18.1. The predicted octanol–water partition coefficient (Wildman–Crippen LogP) is 0.624. The molecule has 1 aromatic heterocycles. The molecule has 0 saturated carbocycles. The van der Waals surface area contributed by atoms with Gasteiger partial charge in [-0.3, -0.25) is 58.7 Å². The second kappa shape index (κ2) is 22.4. The van der Waals surface area contributed by atoms with Crippen LogP contribution < -0.4 is 4.57 Å². The molecule has 0 aliphatic carbocycles. The van der Waals surface area contributed by atoms with Crippen molar-refractivity contribution in [3.63, 3.8) is 0 Å². The molecule has 1 heterocycles. The summed E-state index contributed by atoms with van der Waals surface area (Å²) in [6.07, 6.45) is 6.14. The van der Waals surface area contributed by atoms with E-state index in [-0.39, 0.29) is 0 Å². The van der Waals surface area contributed by atoms with E-state index in [1.165, 1.54) is 0 Å². The van der Waals surface area contributed by atoms with Crippen LogP contribution in [-0.2, 0) is 41.0 Å². The van der Waals surface area contributed by atoms with Gasteiger partial charge in [0.2, 0.25) is 6.33 Å². The quantitative estimate of drug-likeness (QED) is 0.108. The maximum absolute atomic E-state index is 10.4. The smallest absolute Gasteiger partial charge is 0.299 e. The van der Waals surface area contributed by atoms with Gasteiger partial charge in [-0.25, -0.2) is 36.5 Å². The van der Waals surface area contributed by atoms with E-state index in [1.807, 2.05) is 17.8 Å². The molecule has 0 bridgehead atoms. The van der Waals surface area contributed by atoms with Gasteiger partial charge in [0.05, 0.1) is 13.6 Å². The SMILES string of the molecule is CCn1cc[n+](C)c1.O=P(O)(O)F.O=P(O)(O)F.O=P(O)(O)F.O=P(O)(O)F.O=P(O)(O)F.O=P(O)(O)F. The van der Waals surface area contributed by atoms with Crippen LogP contribution in [0.25, 0.3) is 0 Å². The van der Waals surface area contributed by atoms with Crippen LogP contribution in [0.15, 0.2) is 18.7 Å². The third-order valence-corrected chi connectivity index (χ3v) is 1.19. The molecule has 0 atom stereocenters. The lowest BCUT2D eigenvalue weighted by Gasteiger charge is -1.81. The first kappa shape index (κ1) is 50.5. The average molecular weight is 711 g/mol. The van der Waals surface area contributed by atoms with E-state index in [9.17, 15) is 25.2 Å². The largest absolute Gasteiger partial charge is 0.507 e. The summed E-state index contributed by atoms with van der Waals surface area (Å²) in [4.78, 5) is 83.6. The number of halogens is 6. The van der Waals surface area contributed by atoms with Crippen molar-refractivity contribution in [2.75, 3.05) is 0 Å². The predicted molar refractivity (Wildman–Crippen MR) is 110 cm³/mol. The second-order valence-corrected chi connectivity index (χ2v) is 10.4. The lowest BCUT2D eigenvalue weighted by atomic mass is 10.7. The third kappa shape index (κ3) is 376. The van der Waals surface area contributed by atoms with Crippen LogP contribution in [0.5, 0.6) is 0 Å². The fraction of sp³-hybridized carbons (Fsp3) is 0.500. The molecule has 32 heteroatoms. The number of rotatable bonds is 1. The number of hydrogen-bond acceptors (Lipinski definition) is 6. The minimum absolute atomic E-state index is 1.06. The summed E-state index contributed by atoms with van der Waals surface area (Å²) in [5.74, 6) is 0. The summed E-state index contributed by atoms with van der Waals surface area (Å²) in [6, 6.07) is 0. The molecule has 1 rings (SSSR count). The molecular formula is C6H23F6N2O18P6+. The Morgan fingerprint density at radius 3 is 0.763 bits per heavy atom. The van der Waals surface area contributed by atoms with E-state index < -0.39 is 47.4 Å². The summed E-state index contributed by atoms with van der Waals surface area (Å²) in [7, 11) is -28.8. The summed E-state index contributed by atoms with van der Waals surface area (Å²) in [5, 5.41) is 0.